The zero-order valence-corrected chi connectivity index (χ0v) is 13.5. The van der Waals surface area contributed by atoms with Crippen LogP contribution in [0.3, 0.4) is 0 Å². The summed E-state index contributed by atoms with van der Waals surface area (Å²) in [5.41, 5.74) is 7.54. The van der Waals surface area contributed by atoms with Crippen LogP contribution >= 0.6 is 15.9 Å². The van der Waals surface area contributed by atoms with Crippen LogP contribution in [0, 0.1) is 13.8 Å². The van der Waals surface area contributed by atoms with Crippen LogP contribution < -0.4 is 16.0 Å². The molecule has 1 unspecified atom stereocenters. The molecular formula is C16H19BrN2O. The maximum absolute atomic E-state index is 5.77. The molecule has 0 fully saturated rings. The first-order chi connectivity index (χ1) is 9.56. The van der Waals surface area contributed by atoms with Crippen molar-refractivity contribution in [1.82, 2.24) is 5.43 Å². The molecule has 0 radical (unpaired) electrons. The molecule has 106 valence electrons. The second-order valence-electron chi connectivity index (χ2n) is 4.83. The summed E-state index contributed by atoms with van der Waals surface area (Å²) < 4.78 is 6.44. The molecule has 0 aliphatic rings. The molecule has 2 aromatic rings. The third-order valence-corrected chi connectivity index (χ3v) is 4.03. The van der Waals surface area contributed by atoms with Gasteiger partial charge in [-0.25, -0.2) is 5.43 Å². The Morgan fingerprint density at radius 3 is 2.45 bits per heavy atom. The van der Waals surface area contributed by atoms with Gasteiger partial charge in [0, 0.05) is 10.0 Å². The Morgan fingerprint density at radius 1 is 1.10 bits per heavy atom. The number of aryl methyl sites for hydroxylation is 2. The van der Waals surface area contributed by atoms with Crippen molar-refractivity contribution in [3.05, 3.63) is 63.1 Å². The average molecular weight is 335 g/mol. The van der Waals surface area contributed by atoms with Crippen molar-refractivity contribution in [2.75, 3.05) is 7.11 Å². The molecule has 0 saturated heterocycles. The van der Waals surface area contributed by atoms with Gasteiger partial charge in [-0.3, -0.25) is 5.84 Å². The number of nitrogens with two attached hydrogens (primary N) is 1. The molecule has 0 spiro atoms. The fourth-order valence-electron chi connectivity index (χ4n) is 2.23. The Labute approximate surface area is 128 Å². The second-order valence-corrected chi connectivity index (χ2v) is 5.75. The standard InChI is InChI=1S/C16H19BrN2O/c1-10-4-5-12(8-11(10)2)16(19-18)14-7-6-13(17)9-15(14)20-3/h4-9,16,19H,18H2,1-3H3. The number of hydrogen-bond acceptors (Lipinski definition) is 3. The van der Waals surface area contributed by atoms with Gasteiger partial charge in [0.15, 0.2) is 0 Å². The third-order valence-electron chi connectivity index (χ3n) is 3.54. The van der Waals surface area contributed by atoms with Crippen molar-refractivity contribution in [2.45, 2.75) is 19.9 Å². The molecule has 0 aromatic heterocycles. The number of rotatable bonds is 4. The lowest BCUT2D eigenvalue weighted by Gasteiger charge is -2.20. The molecule has 0 aliphatic carbocycles. The van der Waals surface area contributed by atoms with Crippen LogP contribution in [0.5, 0.6) is 5.75 Å². The highest BCUT2D eigenvalue weighted by Gasteiger charge is 2.17. The maximum Gasteiger partial charge on any atom is 0.125 e. The SMILES string of the molecule is COc1cc(Br)ccc1C(NN)c1ccc(C)c(C)c1. The first-order valence-electron chi connectivity index (χ1n) is 6.43. The van der Waals surface area contributed by atoms with Crippen molar-refractivity contribution < 1.29 is 4.74 Å². The molecule has 3 nitrogen and oxygen atoms in total. The molecule has 1 atom stereocenters. The van der Waals surface area contributed by atoms with Crippen molar-refractivity contribution in [2.24, 2.45) is 5.84 Å². The van der Waals surface area contributed by atoms with Crippen LogP contribution in [0.2, 0.25) is 0 Å². The van der Waals surface area contributed by atoms with Crippen LogP contribution in [0.25, 0.3) is 0 Å². The number of hydrogen-bond donors (Lipinski definition) is 2. The predicted octanol–water partition coefficient (Wildman–Crippen LogP) is 3.63. The van der Waals surface area contributed by atoms with Crippen molar-refractivity contribution in [3.63, 3.8) is 0 Å². The molecule has 3 N–H and O–H groups in total. The van der Waals surface area contributed by atoms with E-state index in [4.69, 9.17) is 10.6 Å². The fourth-order valence-corrected chi connectivity index (χ4v) is 2.57. The van der Waals surface area contributed by atoms with Crippen molar-refractivity contribution in [1.29, 1.82) is 0 Å². The molecule has 20 heavy (non-hydrogen) atoms. The minimum Gasteiger partial charge on any atom is -0.496 e. The summed E-state index contributed by atoms with van der Waals surface area (Å²) in [5, 5.41) is 0. The zero-order chi connectivity index (χ0) is 14.7. The molecule has 0 heterocycles. The zero-order valence-electron chi connectivity index (χ0n) is 11.9. The summed E-state index contributed by atoms with van der Waals surface area (Å²) in [6.45, 7) is 4.20. The minimum absolute atomic E-state index is 0.0997. The van der Waals surface area contributed by atoms with E-state index in [1.54, 1.807) is 7.11 Å². The smallest absolute Gasteiger partial charge is 0.125 e. The number of halogens is 1. The topological polar surface area (TPSA) is 47.3 Å². The maximum atomic E-state index is 5.77. The molecule has 0 aliphatic heterocycles. The van der Waals surface area contributed by atoms with E-state index in [1.807, 2.05) is 18.2 Å². The predicted molar refractivity (Wildman–Crippen MR) is 85.8 cm³/mol. The molecule has 0 amide bonds. The number of ether oxygens (including phenoxy) is 1. The highest BCUT2D eigenvalue weighted by molar-refractivity contribution is 9.10. The van der Waals surface area contributed by atoms with E-state index in [0.717, 1.165) is 21.3 Å². The molecular weight excluding hydrogens is 316 g/mol. The van der Waals surface area contributed by atoms with Gasteiger partial charge in [0.1, 0.15) is 5.75 Å². The molecule has 4 heteroatoms. The van der Waals surface area contributed by atoms with Gasteiger partial charge in [0.2, 0.25) is 0 Å². The molecule has 0 saturated carbocycles. The first-order valence-corrected chi connectivity index (χ1v) is 7.23. The van der Waals surface area contributed by atoms with E-state index in [-0.39, 0.29) is 6.04 Å². The van der Waals surface area contributed by atoms with E-state index in [0.29, 0.717) is 0 Å². The van der Waals surface area contributed by atoms with Gasteiger partial charge in [0.05, 0.1) is 13.2 Å². The average Bonchev–Trinajstić information content (AvgIpc) is 2.44. The first kappa shape index (κ1) is 15.0. The molecule has 2 rings (SSSR count). The summed E-state index contributed by atoms with van der Waals surface area (Å²) in [7, 11) is 1.67. The van der Waals surface area contributed by atoms with Gasteiger partial charge in [-0.2, -0.15) is 0 Å². The summed E-state index contributed by atoms with van der Waals surface area (Å²) in [4.78, 5) is 0. The van der Waals surface area contributed by atoms with E-state index in [1.165, 1.54) is 11.1 Å². The van der Waals surface area contributed by atoms with Crippen LogP contribution in [-0.2, 0) is 0 Å². The van der Waals surface area contributed by atoms with Crippen molar-refractivity contribution >= 4 is 15.9 Å². The van der Waals surface area contributed by atoms with E-state index >= 15 is 0 Å². The number of nitrogens with one attached hydrogen (secondary N) is 1. The van der Waals surface area contributed by atoms with Crippen LogP contribution in [-0.4, -0.2) is 7.11 Å². The van der Waals surface area contributed by atoms with E-state index < -0.39 is 0 Å². The highest BCUT2D eigenvalue weighted by atomic mass is 79.9. The fraction of sp³-hybridized carbons (Fsp3) is 0.250. The second kappa shape index (κ2) is 6.39. The van der Waals surface area contributed by atoms with Crippen LogP contribution in [0.15, 0.2) is 40.9 Å². The van der Waals surface area contributed by atoms with E-state index in [2.05, 4.69) is 53.4 Å². The van der Waals surface area contributed by atoms with Gasteiger partial charge >= 0.3 is 0 Å². The van der Waals surface area contributed by atoms with E-state index in [9.17, 15) is 0 Å². The Hall–Kier alpha value is -1.36. The third kappa shape index (κ3) is 3.03. The van der Waals surface area contributed by atoms with Crippen molar-refractivity contribution in [3.8, 4) is 5.75 Å². The Balaban J connectivity index is 2.49. The summed E-state index contributed by atoms with van der Waals surface area (Å²) in [6, 6.07) is 12.2. The van der Waals surface area contributed by atoms with Crippen LogP contribution in [0.1, 0.15) is 28.3 Å². The Kier molecular flexibility index (Phi) is 4.81. The summed E-state index contributed by atoms with van der Waals surface area (Å²) in [6.07, 6.45) is 0. The number of methoxy groups -OCH3 is 1. The molecule has 0 bridgehead atoms. The quantitative estimate of drug-likeness (QED) is 0.663. The van der Waals surface area contributed by atoms with Gasteiger partial charge in [-0.15, -0.1) is 0 Å². The largest absolute Gasteiger partial charge is 0.496 e. The van der Waals surface area contributed by atoms with Crippen LogP contribution in [0.4, 0.5) is 0 Å². The van der Waals surface area contributed by atoms with Gasteiger partial charge in [0.25, 0.3) is 0 Å². The summed E-state index contributed by atoms with van der Waals surface area (Å²) >= 11 is 3.45. The Morgan fingerprint density at radius 2 is 1.85 bits per heavy atom. The molecule has 2 aromatic carbocycles. The van der Waals surface area contributed by atoms with Gasteiger partial charge < -0.3 is 4.74 Å². The lowest BCUT2D eigenvalue weighted by atomic mass is 9.95. The van der Waals surface area contributed by atoms with Gasteiger partial charge in [-0.1, -0.05) is 40.2 Å². The highest BCUT2D eigenvalue weighted by Crippen LogP contribution is 2.32. The number of hydrazine groups is 1. The van der Waals surface area contributed by atoms with Gasteiger partial charge in [-0.05, 0) is 42.7 Å². The number of benzene rings is 2. The lowest BCUT2D eigenvalue weighted by molar-refractivity contribution is 0.404. The minimum atomic E-state index is -0.0997. The monoisotopic (exact) mass is 334 g/mol. The normalized spacial score (nSPS) is 12.2. The lowest BCUT2D eigenvalue weighted by Crippen LogP contribution is -2.29. The Bertz CT molecular complexity index is 613. The summed E-state index contributed by atoms with van der Waals surface area (Å²) in [5.74, 6) is 6.58.